The lowest BCUT2D eigenvalue weighted by atomic mass is 9.99. The van der Waals surface area contributed by atoms with Crippen molar-refractivity contribution in [3.63, 3.8) is 0 Å². The van der Waals surface area contributed by atoms with Crippen LogP contribution in [-0.4, -0.2) is 42.3 Å². The molecule has 0 aromatic heterocycles. The molecule has 0 atom stereocenters. The molecule has 0 aromatic rings. The van der Waals surface area contributed by atoms with Gasteiger partial charge >= 0.3 is 0 Å². The first-order chi connectivity index (χ1) is 6.72. The van der Waals surface area contributed by atoms with Crippen molar-refractivity contribution >= 4 is 5.91 Å². The third kappa shape index (κ3) is 4.07. The van der Waals surface area contributed by atoms with Crippen LogP contribution in [0.3, 0.4) is 0 Å². The highest BCUT2D eigenvalue weighted by molar-refractivity contribution is 5.75. The van der Waals surface area contributed by atoms with E-state index in [1.807, 2.05) is 0 Å². The minimum absolute atomic E-state index is 0.0638. The van der Waals surface area contributed by atoms with Crippen LogP contribution in [0.4, 0.5) is 0 Å². The molecule has 1 heterocycles. The number of nitrogens with one attached hydrogen (secondary N) is 1. The summed E-state index contributed by atoms with van der Waals surface area (Å²) in [6.07, 6.45) is 2.97. The van der Waals surface area contributed by atoms with E-state index in [1.165, 1.54) is 12.8 Å². The van der Waals surface area contributed by atoms with Crippen LogP contribution in [0.25, 0.3) is 0 Å². The van der Waals surface area contributed by atoms with Gasteiger partial charge in [0.1, 0.15) is 6.73 Å². The standard InChI is InChI=1S/C10H20N2O2/c1-9-2-5-12(6-3-9)7-4-10(14)11-8-13/h9,13H,2-8H2,1H3,(H,11,14). The van der Waals surface area contributed by atoms with E-state index in [2.05, 4.69) is 17.1 Å². The average Bonchev–Trinajstić information content (AvgIpc) is 2.17. The number of hydrogen-bond donors (Lipinski definition) is 2. The number of likely N-dealkylation sites (tertiary alicyclic amines) is 1. The molecule has 14 heavy (non-hydrogen) atoms. The molecule has 2 N–H and O–H groups in total. The van der Waals surface area contributed by atoms with Crippen molar-refractivity contribution in [2.24, 2.45) is 5.92 Å². The molecule has 1 amide bonds. The Morgan fingerprint density at radius 3 is 2.71 bits per heavy atom. The van der Waals surface area contributed by atoms with Gasteiger partial charge in [-0.3, -0.25) is 4.79 Å². The molecule has 1 fully saturated rings. The number of piperidine rings is 1. The Balaban J connectivity index is 2.09. The normalized spacial score (nSPS) is 19.6. The highest BCUT2D eigenvalue weighted by Crippen LogP contribution is 2.15. The van der Waals surface area contributed by atoms with Crippen LogP contribution in [-0.2, 0) is 4.79 Å². The molecule has 0 saturated carbocycles. The quantitative estimate of drug-likeness (QED) is 0.636. The third-order valence-electron chi connectivity index (χ3n) is 2.81. The molecule has 0 aliphatic carbocycles. The number of rotatable bonds is 4. The van der Waals surface area contributed by atoms with Crippen molar-refractivity contribution in [2.75, 3.05) is 26.4 Å². The van der Waals surface area contributed by atoms with Gasteiger partial charge in [0.25, 0.3) is 0 Å². The fourth-order valence-electron chi connectivity index (χ4n) is 1.72. The van der Waals surface area contributed by atoms with Crippen molar-refractivity contribution < 1.29 is 9.90 Å². The molecule has 4 nitrogen and oxygen atoms in total. The third-order valence-corrected chi connectivity index (χ3v) is 2.81. The summed E-state index contributed by atoms with van der Waals surface area (Å²) >= 11 is 0. The summed E-state index contributed by atoms with van der Waals surface area (Å²) in [6.45, 7) is 5.05. The molecule has 1 aliphatic rings. The number of aliphatic hydroxyl groups excluding tert-OH is 1. The maximum Gasteiger partial charge on any atom is 0.223 e. The van der Waals surface area contributed by atoms with Crippen molar-refractivity contribution in [3.8, 4) is 0 Å². The van der Waals surface area contributed by atoms with Crippen molar-refractivity contribution in [1.82, 2.24) is 10.2 Å². The number of hydrogen-bond acceptors (Lipinski definition) is 3. The largest absolute Gasteiger partial charge is 0.377 e. The minimum Gasteiger partial charge on any atom is -0.377 e. The van der Waals surface area contributed by atoms with Crippen molar-refractivity contribution in [3.05, 3.63) is 0 Å². The van der Waals surface area contributed by atoms with Gasteiger partial charge in [0, 0.05) is 13.0 Å². The predicted octanol–water partition coefficient (Wildman–Crippen LogP) is 0.174. The first kappa shape index (κ1) is 11.5. The van der Waals surface area contributed by atoms with Crippen LogP contribution in [0, 0.1) is 5.92 Å². The predicted molar refractivity (Wildman–Crippen MR) is 54.7 cm³/mol. The smallest absolute Gasteiger partial charge is 0.223 e. The number of carbonyl (C=O) groups excluding carboxylic acids is 1. The summed E-state index contributed by atoms with van der Waals surface area (Å²) in [5, 5.41) is 10.8. The van der Waals surface area contributed by atoms with E-state index in [0.717, 1.165) is 25.6 Å². The monoisotopic (exact) mass is 200 g/mol. The van der Waals surface area contributed by atoms with Gasteiger partial charge in [-0.25, -0.2) is 0 Å². The van der Waals surface area contributed by atoms with E-state index >= 15 is 0 Å². The van der Waals surface area contributed by atoms with Crippen LogP contribution in [0.5, 0.6) is 0 Å². The molecule has 0 spiro atoms. The topological polar surface area (TPSA) is 52.6 Å². The van der Waals surface area contributed by atoms with Crippen molar-refractivity contribution in [2.45, 2.75) is 26.2 Å². The van der Waals surface area contributed by atoms with Gasteiger partial charge in [0.05, 0.1) is 0 Å². The van der Waals surface area contributed by atoms with E-state index in [4.69, 9.17) is 5.11 Å². The Hall–Kier alpha value is -0.610. The average molecular weight is 200 g/mol. The second-order valence-electron chi connectivity index (χ2n) is 4.03. The summed E-state index contributed by atoms with van der Waals surface area (Å²) in [5.41, 5.74) is 0. The lowest BCUT2D eigenvalue weighted by Gasteiger charge is -2.29. The van der Waals surface area contributed by atoms with Gasteiger partial charge in [-0.15, -0.1) is 0 Å². The number of carbonyl (C=O) groups is 1. The lowest BCUT2D eigenvalue weighted by Crippen LogP contribution is -2.36. The second kappa shape index (κ2) is 5.98. The van der Waals surface area contributed by atoms with E-state index in [9.17, 15) is 4.79 Å². The van der Waals surface area contributed by atoms with Crippen LogP contribution in [0.1, 0.15) is 26.2 Å². The van der Waals surface area contributed by atoms with Gasteiger partial charge in [-0.05, 0) is 31.8 Å². The summed E-state index contributed by atoms with van der Waals surface area (Å²) in [5.74, 6) is 0.767. The molecule has 0 aromatic carbocycles. The molecular weight excluding hydrogens is 180 g/mol. The van der Waals surface area contributed by atoms with E-state index in [-0.39, 0.29) is 12.6 Å². The van der Waals surface area contributed by atoms with Crippen LogP contribution < -0.4 is 5.32 Å². The first-order valence-corrected chi connectivity index (χ1v) is 5.32. The Labute approximate surface area is 85.3 Å². The van der Waals surface area contributed by atoms with Gasteiger partial charge < -0.3 is 15.3 Å². The highest BCUT2D eigenvalue weighted by Gasteiger charge is 2.15. The molecule has 0 unspecified atom stereocenters. The number of nitrogens with zero attached hydrogens (tertiary/aromatic N) is 1. The molecule has 1 saturated heterocycles. The Kier molecular flexibility index (Phi) is 4.90. The van der Waals surface area contributed by atoms with E-state index < -0.39 is 0 Å². The second-order valence-corrected chi connectivity index (χ2v) is 4.03. The zero-order chi connectivity index (χ0) is 10.4. The van der Waals surface area contributed by atoms with Crippen LogP contribution >= 0.6 is 0 Å². The summed E-state index contributed by atoms with van der Waals surface area (Å²) in [7, 11) is 0. The Morgan fingerprint density at radius 1 is 1.50 bits per heavy atom. The van der Waals surface area contributed by atoms with Crippen molar-refractivity contribution in [1.29, 1.82) is 0 Å². The molecule has 1 aliphatic heterocycles. The summed E-state index contributed by atoms with van der Waals surface area (Å²) < 4.78 is 0. The Bertz CT molecular complexity index is 177. The minimum atomic E-state index is -0.254. The van der Waals surface area contributed by atoms with Gasteiger partial charge in [-0.2, -0.15) is 0 Å². The molecule has 0 bridgehead atoms. The fourth-order valence-corrected chi connectivity index (χ4v) is 1.72. The van der Waals surface area contributed by atoms with Gasteiger partial charge in [0.15, 0.2) is 0 Å². The Morgan fingerprint density at radius 2 is 2.14 bits per heavy atom. The summed E-state index contributed by atoms with van der Waals surface area (Å²) in [6, 6.07) is 0. The molecule has 4 heteroatoms. The zero-order valence-electron chi connectivity index (χ0n) is 8.83. The number of amides is 1. The molecular formula is C10H20N2O2. The fraction of sp³-hybridized carbons (Fsp3) is 0.900. The summed E-state index contributed by atoms with van der Waals surface area (Å²) in [4.78, 5) is 13.4. The lowest BCUT2D eigenvalue weighted by molar-refractivity contribution is -0.122. The maximum atomic E-state index is 11.1. The zero-order valence-corrected chi connectivity index (χ0v) is 8.83. The first-order valence-electron chi connectivity index (χ1n) is 5.32. The van der Waals surface area contributed by atoms with Crippen LogP contribution in [0.15, 0.2) is 0 Å². The number of aliphatic hydroxyl groups is 1. The molecule has 0 radical (unpaired) electrons. The SMILES string of the molecule is CC1CCN(CCC(=O)NCO)CC1. The van der Waals surface area contributed by atoms with E-state index in [0.29, 0.717) is 6.42 Å². The van der Waals surface area contributed by atoms with Crippen LogP contribution in [0.2, 0.25) is 0 Å². The maximum absolute atomic E-state index is 11.1. The molecule has 82 valence electrons. The van der Waals surface area contributed by atoms with Gasteiger partial charge in [-0.1, -0.05) is 6.92 Å². The highest BCUT2D eigenvalue weighted by atomic mass is 16.3. The van der Waals surface area contributed by atoms with E-state index in [1.54, 1.807) is 0 Å². The molecule has 1 rings (SSSR count). The van der Waals surface area contributed by atoms with Gasteiger partial charge in [0.2, 0.25) is 5.91 Å².